The van der Waals surface area contributed by atoms with Gasteiger partial charge in [0.2, 0.25) is 5.91 Å². The quantitative estimate of drug-likeness (QED) is 0.613. The fourth-order valence-electron chi connectivity index (χ4n) is 1.79. The molecule has 0 aliphatic carbocycles. The minimum absolute atomic E-state index is 0.0321. The molecular formula is C12H16N4O4. The average Bonchev–Trinajstić information content (AvgIpc) is 2.75. The molecule has 2 amide bonds. The second-order valence-corrected chi connectivity index (χ2v) is 5.55. The van der Waals surface area contributed by atoms with E-state index in [-0.39, 0.29) is 18.0 Å². The summed E-state index contributed by atoms with van der Waals surface area (Å²) in [6, 6.07) is -0.628. The summed E-state index contributed by atoms with van der Waals surface area (Å²) < 4.78 is 6.44. The summed E-state index contributed by atoms with van der Waals surface area (Å²) in [5.74, 6) is -1.35. The number of ether oxygens (including phenoxy) is 1. The molecule has 8 nitrogen and oxygen atoms in total. The van der Waals surface area contributed by atoms with Crippen LogP contribution in [0, 0.1) is 0 Å². The normalized spacial score (nSPS) is 19.6. The molecule has 0 aromatic carbocycles. The van der Waals surface area contributed by atoms with Crippen molar-refractivity contribution in [3.8, 4) is 0 Å². The van der Waals surface area contributed by atoms with Crippen LogP contribution in [0.1, 0.15) is 50.1 Å². The van der Waals surface area contributed by atoms with E-state index in [1.165, 1.54) is 10.9 Å². The Labute approximate surface area is 115 Å². The molecule has 0 bridgehead atoms. The SMILES string of the molecule is CC(C)(C)OC(=O)c1cn(C2CCC(=O)NC2=O)nn1. The van der Waals surface area contributed by atoms with Gasteiger partial charge < -0.3 is 4.74 Å². The molecule has 2 rings (SSSR count). The predicted octanol–water partition coefficient (Wildman–Crippen LogP) is 0.211. The van der Waals surface area contributed by atoms with Gasteiger partial charge in [-0.25, -0.2) is 9.48 Å². The smallest absolute Gasteiger partial charge is 0.361 e. The molecular weight excluding hydrogens is 264 g/mol. The van der Waals surface area contributed by atoms with E-state index in [4.69, 9.17) is 4.74 Å². The number of esters is 1. The monoisotopic (exact) mass is 280 g/mol. The van der Waals surface area contributed by atoms with Crippen molar-refractivity contribution in [1.82, 2.24) is 20.3 Å². The summed E-state index contributed by atoms with van der Waals surface area (Å²) in [5.41, 5.74) is -0.597. The number of hydrogen-bond acceptors (Lipinski definition) is 6. The Morgan fingerprint density at radius 3 is 2.75 bits per heavy atom. The van der Waals surface area contributed by atoms with E-state index in [1.807, 2.05) is 0 Å². The molecule has 20 heavy (non-hydrogen) atoms. The van der Waals surface area contributed by atoms with Crippen LogP contribution >= 0.6 is 0 Å². The maximum atomic E-state index is 11.8. The number of imide groups is 1. The number of piperidine rings is 1. The highest BCUT2D eigenvalue weighted by Gasteiger charge is 2.30. The second-order valence-electron chi connectivity index (χ2n) is 5.55. The van der Waals surface area contributed by atoms with E-state index in [0.29, 0.717) is 6.42 Å². The number of nitrogens with zero attached hydrogens (tertiary/aromatic N) is 3. The highest BCUT2D eigenvalue weighted by Crippen LogP contribution is 2.18. The number of carbonyl (C=O) groups is 3. The van der Waals surface area contributed by atoms with Crippen LogP contribution in [-0.4, -0.2) is 38.4 Å². The van der Waals surface area contributed by atoms with Crippen molar-refractivity contribution in [1.29, 1.82) is 0 Å². The lowest BCUT2D eigenvalue weighted by molar-refractivity contribution is -0.136. The van der Waals surface area contributed by atoms with E-state index in [9.17, 15) is 14.4 Å². The topological polar surface area (TPSA) is 103 Å². The average molecular weight is 280 g/mol. The molecule has 0 radical (unpaired) electrons. The Balaban J connectivity index is 2.11. The molecule has 1 atom stereocenters. The molecule has 0 saturated carbocycles. The lowest BCUT2D eigenvalue weighted by Crippen LogP contribution is -2.41. The van der Waals surface area contributed by atoms with Crippen molar-refractivity contribution in [2.75, 3.05) is 0 Å². The molecule has 1 N–H and O–H groups in total. The first kappa shape index (κ1) is 14.2. The van der Waals surface area contributed by atoms with Gasteiger partial charge in [-0.3, -0.25) is 14.9 Å². The zero-order chi connectivity index (χ0) is 14.9. The minimum atomic E-state index is -0.629. The van der Waals surface area contributed by atoms with Crippen molar-refractivity contribution in [2.24, 2.45) is 0 Å². The minimum Gasteiger partial charge on any atom is -0.455 e. The van der Waals surface area contributed by atoms with Crippen LogP contribution in [0.3, 0.4) is 0 Å². The first-order valence-corrected chi connectivity index (χ1v) is 6.25. The predicted molar refractivity (Wildman–Crippen MR) is 66.6 cm³/mol. The Morgan fingerprint density at radius 1 is 1.45 bits per heavy atom. The Hall–Kier alpha value is -2.25. The number of nitrogens with one attached hydrogen (secondary N) is 1. The number of aromatic nitrogens is 3. The highest BCUT2D eigenvalue weighted by molar-refractivity contribution is 5.99. The fourth-order valence-corrected chi connectivity index (χ4v) is 1.79. The van der Waals surface area contributed by atoms with Gasteiger partial charge in [-0.1, -0.05) is 5.21 Å². The number of rotatable bonds is 2. The van der Waals surface area contributed by atoms with Crippen LogP contribution < -0.4 is 5.32 Å². The molecule has 108 valence electrons. The van der Waals surface area contributed by atoms with Crippen molar-refractivity contribution in [3.63, 3.8) is 0 Å². The molecule has 1 aliphatic heterocycles. The number of carbonyl (C=O) groups excluding carboxylic acids is 3. The maximum Gasteiger partial charge on any atom is 0.361 e. The summed E-state index contributed by atoms with van der Waals surface area (Å²) in [6.07, 6.45) is 1.92. The zero-order valence-corrected chi connectivity index (χ0v) is 11.5. The third-order valence-electron chi connectivity index (χ3n) is 2.65. The van der Waals surface area contributed by atoms with Crippen LogP contribution in [0.5, 0.6) is 0 Å². The Kier molecular flexibility index (Phi) is 3.56. The molecule has 1 fully saturated rings. The molecule has 2 heterocycles. The molecule has 8 heteroatoms. The van der Waals surface area contributed by atoms with Gasteiger partial charge in [0, 0.05) is 6.42 Å². The van der Waals surface area contributed by atoms with E-state index >= 15 is 0 Å². The largest absolute Gasteiger partial charge is 0.455 e. The zero-order valence-electron chi connectivity index (χ0n) is 11.5. The van der Waals surface area contributed by atoms with Gasteiger partial charge in [0.15, 0.2) is 5.69 Å². The van der Waals surface area contributed by atoms with Crippen molar-refractivity contribution in [3.05, 3.63) is 11.9 Å². The van der Waals surface area contributed by atoms with Crippen molar-refractivity contribution in [2.45, 2.75) is 45.3 Å². The van der Waals surface area contributed by atoms with E-state index in [2.05, 4.69) is 15.6 Å². The summed E-state index contributed by atoms with van der Waals surface area (Å²) in [6.45, 7) is 5.24. The van der Waals surface area contributed by atoms with Gasteiger partial charge in [-0.2, -0.15) is 0 Å². The summed E-state index contributed by atoms with van der Waals surface area (Å²) in [5, 5.41) is 9.68. The van der Waals surface area contributed by atoms with Crippen LogP contribution in [0.15, 0.2) is 6.20 Å². The maximum absolute atomic E-state index is 11.8. The van der Waals surface area contributed by atoms with Crippen molar-refractivity contribution < 1.29 is 19.1 Å². The van der Waals surface area contributed by atoms with Crippen LogP contribution in [0.4, 0.5) is 0 Å². The van der Waals surface area contributed by atoms with E-state index in [1.54, 1.807) is 20.8 Å². The lowest BCUT2D eigenvalue weighted by Gasteiger charge is -2.20. The summed E-state index contributed by atoms with van der Waals surface area (Å²) >= 11 is 0. The van der Waals surface area contributed by atoms with E-state index < -0.39 is 23.5 Å². The molecule has 1 aromatic rings. The lowest BCUT2D eigenvalue weighted by atomic mass is 10.1. The first-order valence-electron chi connectivity index (χ1n) is 6.25. The summed E-state index contributed by atoms with van der Waals surface area (Å²) in [4.78, 5) is 34.5. The Morgan fingerprint density at radius 2 is 2.15 bits per heavy atom. The summed E-state index contributed by atoms with van der Waals surface area (Å²) in [7, 11) is 0. The number of amides is 2. The first-order chi connectivity index (χ1) is 9.26. The number of hydrogen-bond donors (Lipinski definition) is 1. The molecule has 1 saturated heterocycles. The molecule has 0 spiro atoms. The third-order valence-corrected chi connectivity index (χ3v) is 2.65. The van der Waals surface area contributed by atoms with Crippen LogP contribution in [0.25, 0.3) is 0 Å². The molecule has 1 aliphatic rings. The second kappa shape index (κ2) is 5.03. The van der Waals surface area contributed by atoms with Gasteiger partial charge in [0.05, 0.1) is 6.20 Å². The molecule has 1 unspecified atom stereocenters. The van der Waals surface area contributed by atoms with Gasteiger partial charge in [0.1, 0.15) is 11.6 Å². The van der Waals surface area contributed by atoms with Gasteiger partial charge >= 0.3 is 5.97 Å². The van der Waals surface area contributed by atoms with Crippen LogP contribution in [0.2, 0.25) is 0 Å². The fraction of sp³-hybridized carbons (Fsp3) is 0.583. The van der Waals surface area contributed by atoms with Gasteiger partial charge in [-0.15, -0.1) is 5.10 Å². The standard InChI is InChI=1S/C12H16N4O4/c1-12(2,3)20-11(19)7-6-16(15-14-7)8-4-5-9(17)13-10(8)18/h6,8H,4-5H2,1-3H3,(H,13,17,18). The third kappa shape index (κ3) is 3.19. The highest BCUT2D eigenvalue weighted by atomic mass is 16.6. The van der Waals surface area contributed by atoms with Gasteiger partial charge in [-0.05, 0) is 27.2 Å². The molecule has 1 aromatic heterocycles. The Bertz CT molecular complexity index is 558. The van der Waals surface area contributed by atoms with Crippen LogP contribution in [-0.2, 0) is 14.3 Å². The van der Waals surface area contributed by atoms with Gasteiger partial charge in [0.25, 0.3) is 5.91 Å². The van der Waals surface area contributed by atoms with E-state index in [0.717, 1.165) is 0 Å². The van der Waals surface area contributed by atoms with Crippen molar-refractivity contribution >= 4 is 17.8 Å².